The smallest absolute Gasteiger partial charge is 0.248 e. The van der Waals surface area contributed by atoms with Gasteiger partial charge in [0.05, 0.1) is 0 Å². The van der Waals surface area contributed by atoms with Gasteiger partial charge < -0.3 is 9.84 Å². The summed E-state index contributed by atoms with van der Waals surface area (Å²) in [6.07, 6.45) is 3.77. The van der Waals surface area contributed by atoms with Gasteiger partial charge in [-0.15, -0.1) is 0 Å². The van der Waals surface area contributed by atoms with Crippen LogP contribution in [0.15, 0.2) is 33.7 Å². The number of amides is 1. The van der Waals surface area contributed by atoms with E-state index in [1.165, 1.54) is 22.5 Å². The van der Waals surface area contributed by atoms with Crippen LogP contribution in [0.3, 0.4) is 0 Å². The van der Waals surface area contributed by atoms with E-state index < -0.39 is 15.8 Å². The lowest BCUT2D eigenvalue weighted by atomic mass is 9.97. The van der Waals surface area contributed by atoms with Gasteiger partial charge >= 0.3 is 0 Å². The third-order valence-electron chi connectivity index (χ3n) is 4.93. The number of nitrogens with zero attached hydrogens (tertiary/aromatic N) is 2. The zero-order chi connectivity index (χ0) is 21.0. The van der Waals surface area contributed by atoms with Gasteiger partial charge in [0.15, 0.2) is 10.7 Å². The predicted molar refractivity (Wildman–Crippen MR) is 107 cm³/mol. The second-order valence-corrected chi connectivity index (χ2v) is 8.76. The summed E-state index contributed by atoms with van der Waals surface area (Å²) in [5.41, 5.74) is 0.552. The van der Waals surface area contributed by atoms with Gasteiger partial charge in [-0.25, -0.2) is 12.8 Å². The Kier molecular flexibility index (Phi) is 6.49. The summed E-state index contributed by atoms with van der Waals surface area (Å²) in [6, 6.07) is 6.16. The van der Waals surface area contributed by atoms with Crippen LogP contribution in [0.1, 0.15) is 36.8 Å². The van der Waals surface area contributed by atoms with Gasteiger partial charge in [0.25, 0.3) is 0 Å². The van der Waals surface area contributed by atoms with Gasteiger partial charge in [-0.05, 0) is 44.9 Å². The summed E-state index contributed by atoms with van der Waals surface area (Å²) in [7, 11) is -3.86. The Bertz CT molecular complexity index is 1010. The first-order valence-electron chi connectivity index (χ1n) is 9.51. The SMILES string of the molecule is CCNC(=O)C1CCN(S(=O)(=O)c2c(C)noc2/C=C/c2ccccc2F)CC1. The number of rotatable bonds is 6. The zero-order valence-corrected chi connectivity index (χ0v) is 17.2. The second kappa shape index (κ2) is 8.87. The summed E-state index contributed by atoms with van der Waals surface area (Å²) in [6.45, 7) is 4.44. The number of carbonyl (C=O) groups excluding carboxylic acids is 1. The molecule has 1 fully saturated rings. The van der Waals surface area contributed by atoms with Gasteiger partial charge in [-0.1, -0.05) is 23.4 Å². The lowest BCUT2D eigenvalue weighted by Gasteiger charge is -2.30. The highest BCUT2D eigenvalue weighted by Crippen LogP contribution is 2.29. The third kappa shape index (κ3) is 4.56. The van der Waals surface area contributed by atoms with Crippen LogP contribution in [0.2, 0.25) is 0 Å². The molecule has 1 saturated heterocycles. The van der Waals surface area contributed by atoms with Crippen LogP contribution in [-0.2, 0) is 14.8 Å². The molecule has 0 unspecified atom stereocenters. The fourth-order valence-electron chi connectivity index (χ4n) is 3.38. The largest absolute Gasteiger partial charge is 0.356 e. The van der Waals surface area contributed by atoms with Gasteiger partial charge in [0.2, 0.25) is 15.9 Å². The van der Waals surface area contributed by atoms with Crippen molar-refractivity contribution in [2.75, 3.05) is 19.6 Å². The lowest BCUT2D eigenvalue weighted by Crippen LogP contribution is -2.43. The molecule has 7 nitrogen and oxygen atoms in total. The van der Waals surface area contributed by atoms with Crippen molar-refractivity contribution in [1.29, 1.82) is 0 Å². The quantitative estimate of drug-likeness (QED) is 0.774. The highest BCUT2D eigenvalue weighted by molar-refractivity contribution is 7.89. The molecule has 1 aliphatic heterocycles. The molecule has 0 bridgehead atoms. The molecule has 0 spiro atoms. The van der Waals surface area contributed by atoms with E-state index in [2.05, 4.69) is 10.5 Å². The van der Waals surface area contributed by atoms with E-state index in [4.69, 9.17) is 4.52 Å². The maximum Gasteiger partial charge on any atom is 0.248 e. The molecule has 9 heteroatoms. The number of nitrogens with one attached hydrogen (secondary N) is 1. The average Bonchev–Trinajstić information content (AvgIpc) is 3.09. The molecular formula is C20H24FN3O4S. The van der Waals surface area contributed by atoms with E-state index in [-0.39, 0.29) is 41.3 Å². The minimum absolute atomic E-state index is 0.0263. The Balaban J connectivity index is 1.81. The highest BCUT2D eigenvalue weighted by Gasteiger charge is 2.35. The zero-order valence-electron chi connectivity index (χ0n) is 16.4. The number of aryl methyl sites for hydroxylation is 1. The molecule has 1 aliphatic rings. The van der Waals surface area contributed by atoms with E-state index in [0.717, 1.165) is 0 Å². The normalized spacial score (nSPS) is 16.4. The van der Waals surface area contributed by atoms with Gasteiger partial charge in [-0.3, -0.25) is 4.79 Å². The topological polar surface area (TPSA) is 92.5 Å². The van der Waals surface area contributed by atoms with Crippen molar-refractivity contribution in [3.8, 4) is 0 Å². The fraction of sp³-hybridized carbons (Fsp3) is 0.400. The molecule has 3 rings (SSSR count). The summed E-state index contributed by atoms with van der Waals surface area (Å²) in [5, 5.41) is 6.57. The lowest BCUT2D eigenvalue weighted by molar-refractivity contribution is -0.126. The van der Waals surface area contributed by atoms with Crippen LogP contribution in [0, 0.1) is 18.7 Å². The summed E-state index contributed by atoms with van der Waals surface area (Å²) in [4.78, 5) is 12.0. The first-order valence-corrected chi connectivity index (χ1v) is 10.9. The molecule has 0 saturated carbocycles. The number of halogens is 1. The van der Waals surface area contributed by atoms with E-state index >= 15 is 0 Å². The van der Waals surface area contributed by atoms with Crippen molar-refractivity contribution >= 4 is 28.1 Å². The molecule has 1 aromatic carbocycles. The Labute approximate surface area is 169 Å². The highest BCUT2D eigenvalue weighted by atomic mass is 32.2. The Hall–Kier alpha value is -2.52. The molecule has 156 valence electrons. The number of hydrogen-bond acceptors (Lipinski definition) is 5. The molecule has 1 aromatic heterocycles. The molecule has 2 aromatic rings. The Morgan fingerprint density at radius 1 is 1.31 bits per heavy atom. The maximum absolute atomic E-state index is 13.8. The van der Waals surface area contributed by atoms with Crippen LogP contribution in [0.4, 0.5) is 4.39 Å². The molecular weight excluding hydrogens is 397 g/mol. The van der Waals surface area contributed by atoms with E-state index in [9.17, 15) is 17.6 Å². The number of aromatic nitrogens is 1. The van der Waals surface area contributed by atoms with Crippen molar-refractivity contribution in [3.63, 3.8) is 0 Å². The standard InChI is InChI=1S/C20H24FN3O4S/c1-3-22-20(25)16-10-12-24(13-11-16)29(26,27)19-14(2)23-28-18(19)9-8-15-6-4-5-7-17(15)21/h4-9,16H,3,10-13H2,1-2H3,(H,22,25)/b9-8+. The van der Waals surface area contributed by atoms with Crippen LogP contribution in [0.5, 0.6) is 0 Å². The molecule has 29 heavy (non-hydrogen) atoms. The first kappa shape index (κ1) is 21.2. The van der Waals surface area contributed by atoms with Crippen molar-refractivity contribution in [2.24, 2.45) is 5.92 Å². The monoisotopic (exact) mass is 421 g/mol. The van der Waals surface area contributed by atoms with Crippen molar-refractivity contribution < 1.29 is 22.1 Å². The van der Waals surface area contributed by atoms with Gasteiger partial charge in [-0.2, -0.15) is 4.31 Å². The number of sulfonamides is 1. The van der Waals surface area contributed by atoms with Crippen molar-refractivity contribution in [1.82, 2.24) is 14.8 Å². The Morgan fingerprint density at radius 2 is 2.00 bits per heavy atom. The number of piperidine rings is 1. The molecule has 0 aliphatic carbocycles. The predicted octanol–water partition coefficient (Wildman–Crippen LogP) is 2.83. The van der Waals surface area contributed by atoms with Crippen LogP contribution in [0.25, 0.3) is 12.2 Å². The van der Waals surface area contributed by atoms with E-state index in [0.29, 0.717) is 24.9 Å². The fourth-order valence-corrected chi connectivity index (χ4v) is 5.10. The minimum atomic E-state index is -3.86. The van der Waals surface area contributed by atoms with Gasteiger partial charge in [0, 0.05) is 31.1 Å². The minimum Gasteiger partial charge on any atom is -0.356 e. The molecule has 1 amide bonds. The number of hydrogen-bond donors (Lipinski definition) is 1. The van der Waals surface area contributed by atoms with E-state index in [1.54, 1.807) is 25.1 Å². The van der Waals surface area contributed by atoms with E-state index in [1.807, 2.05) is 6.92 Å². The summed E-state index contributed by atoms with van der Waals surface area (Å²) in [5.74, 6) is -0.599. The van der Waals surface area contributed by atoms with Crippen LogP contribution in [-0.4, -0.2) is 43.4 Å². The van der Waals surface area contributed by atoms with Crippen molar-refractivity contribution in [2.45, 2.75) is 31.6 Å². The Morgan fingerprint density at radius 3 is 2.66 bits per heavy atom. The van der Waals surface area contributed by atoms with Crippen LogP contribution < -0.4 is 5.32 Å². The number of benzene rings is 1. The number of carbonyl (C=O) groups is 1. The molecule has 1 N–H and O–H groups in total. The summed E-state index contributed by atoms with van der Waals surface area (Å²) >= 11 is 0. The maximum atomic E-state index is 13.8. The second-order valence-electron chi connectivity index (χ2n) is 6.89. The molecule has 0 radical (unpaired) electrons. The first-order chi connectivity index (χ1) is 13.8. The van der Waals surface area contributed by atoms with Crippen LogP contribution >= 0.6 is 0 Å². The molecule has 0 atom stereocenters. The average molecular weight is 421 g/mol. The third-order valence-corrected chi connectivity index (χ3v) is 6.98. The summed E-state index contributed by atoms with van der Waals surface area (Å²) < 4.78 is 46.7. The van der Waals surface area contributed by atoms with Gasteiger partial charge in [0.1, 0.15) is 11.5 Å². The van der Waals surface area contributed by atoms with Crippen molar-refractivity contribution in [3.05, 3.63) is 47.1 Å². The molecule has 2 heterocycles.